The van der Waals surface area contributed by atoms with Crippen molar-refractivity contribution in [2.45, 2.75) is 65.2 Å². The molecule has 0 fully saturated rings. The van der Waals surface area contributed by atoms with E-state index in [0.29, 0.717) is 36.7 Å². The first-order chi connectivity index (χ1) is 18.8. The van der Waals surface area contributed by atoms with Crippen LogP contribution in [0.3, 0.4) is 0 Å². The molecule has 3 N–H and O–H groups in total. The number of para-hydroxylation sites is 1. The predicted molar refractivity (Wildman–Crippen MR) is 153 cm³/mol. The van der Waals surface area contributed by atoms with Gasteiger partial charge in [-0.15, -0.1) is 0 Å². The third-order valence-electron chi connectivity index (χ3n) is 6.95. The number of carbonyl (C=O) groups is 1. The minimum atomic E-state index is -0.727. The monoisotopic (exact) mass is 528 g/mol. The summed E-state index contributed by atoms with van der Waals surface area (Å²) in [6.07, 6.45) is 6.68. The summed E-state index contributed by atoms with van der Waals surface area (Å²) in [4.78, 5) is 44.8. The Morgan fingerprint density at radius 3 is 2.54 bits per heavy atom. The molecule has 204 valence electrons. The van der Waals surface area contributed by atoms with E-state index in [1.807, 2.05) is 36.4 Å². The van der Waals surface area contributed by atoms with E-state index in [1.165, 1.54) is 6.08 Å². The standard InChI is InChI=1S/C31H36N4O4/c1-4-5-6-7-12-28(36)32-18-17-24-23-10-8-9-11-26(23)33-27(24)19-25-29(37)34-31(39)35(30(25)38)22-15-13-21(14-16-22)20(2)3/h8-11,13-16,19-20,38H,4-7,12,17-18H2,1-3H3,(H,32,36)(H,34,37,39). The maximum absolute atomic E-state index is 12.8. The summed E-state index contributed by atoms with van der Waals surface area (Å²) >= 11 is 0. The van der Waals surface area contributed by atoms with Gasteiger partial charge in [0.2, 0.25) is 11.8 Å². The van der Waals surface area contributed by atoms with Crippen molar-refractivity contribution in [1.29, 1.82) is 0 Å². The molecule has 39 heavy (non-hydrogen) atoms. The third kappa shape index (κ3) is 6.45. The van der Waals surface area contributed by atoms with Crippen LogP contribution in [-0.4, -0.2) is 27.1 Å². The van der Waals surface area contributed by atoms with Crippen LogP contribution in [0.15, 0.2) is 68.8 Å². The maximum atomic E-state index is 12.8. The Balaban J connectivity index is 1.65. The Kier molecular flexibility index (Phi) is 8.96. The van der Waals surface area contributed by atoms with E-state index in [0.717, 1.165) is 52.0 Å². The van der Waals surface area contributed by atoms with Gasteiger partial charge in [-0.05, 0) is 54.2 Å². The second-order valence-electron chi connectivity index (χ2n) is 10.1. The Hall–Kier alpha value is -4.20. The van der Waals surface area contributed by atoms with Crippen LogP contribution in [0, 0.1) is 0 Å². The molecule has 0 bridgehead atoms. The van der Waals surface area contributed by atoms with Gasteiger partial charge in [0.25, 0.3) is 5.56 Å². The van der Waals surface area contributed by atoms with Gasteiger partial charge in [0, 0.05) is 18.2 Å². The van der Waals surface area contributed by atoms with Gasteiger partial charge in [0.05, 0.1) is 16.7 Å². The van der Waals surface area contributed by atoms with Gasteiger partial charge < -0.3 is 10.4 Å². The number of aromatic amines is 1. The van der Waals surface area contributed by atoms with Crippen molar-refractivity contribution in [3.8, 4) is 11.6 Å². The summed E-state index contributed by atoms with van der Waals surface area (Å²) in [6, 6.07) is 14.9. The van der Waals surface area contributed by atoms with Crippen LogP contribution >= 0.6 is 0 Å². The number of hydrogen-bond donors (Lipinski definition) is 3. The highest BCUT2D eigenvalue weighted by molar-refractivity contribution is 5.78. The van der Waals surface area contributed by atoms with Crippen LogP contribution < -0.4 is 27.1 Å². The number of nitrogens with zero attached hydrogens (tertiary/aromatic N) is 2. The summed E-state index contributed by atoms with van der Waals surface area (Å²) in [5.74, 6) is -0.129. The number of nitrogens with one attached hydrogen (secondary N) is 2. The first kappa shape index (κ1) is 27.8. The van der Waals surface area contributed by atoms with Gasteiger partial charge in [-0.1, -0.05) is 70.4 Å². The molecule has 2 aromatic carbocycles. The van der Waals surface area contributed by atoms with Gasteiger partial charge >= 0.3 is 5.69 Å². The Bertz CT molecular complexity index is 1610. The molecule has 0 saturated heterocycles. The van der Waals surface area contributed by atoms with Crippen LogP contribution in [0.4, 0.5) is 0 Å². The largest absolute Gasteiger partial charge is 0.494 e. The molecule has 0 saturated carbocycles. The zero-order valence-corrected chi connectivity index (χ0v) is 22.8. The lowest BCUT2D eigenvalue weighted by Crippen LogP contribution is -2.30. The SMILES string of the molecule is CCCCCCC(=O)NCCC1=c2ccccc2=NC1=Cc1c(O)n(-c2ccc(C(C)C)cc2)c(=O)[nH]c1=O. The molecule has 2 heterocycles. The molecule has 0 radical (unpaired) electrons. The number of amides is 1. The molecule has 8 heteroatoms. The number of benzene rings is 2. The quantitative estimate of drug-likeness (QED) is 0.329. The molecule has 0 unspecified atom stereocenters. The molecule has 3 aromatic rings. The predicted octanol–water partition coefficient (Wildman–Crippen LogP) is 3.66. The summed E-state index contributed by atoms with van der Waals surface area (Å²) < 4.78 is 1.08. The second kappa shape index (κ2) is 12.6. The molecular formula is C31H36N4O4. The van der Waals surface area contributed by atoms with Crippen LogP contribution in [0.1, 0.15) is 76.3 Å². The van der Waals surface area contributed by atoms with Gasteiger partial charge in [0.15, 0.2) is 0 Å². The maximum Gasteiger partial charge on any atom is 0.335 e. The van der Waals surface area contributed by atoms with E-state index in [-0.39, 0.29) is 11.5 Å². The van der Waals surface area contributed by atoms with Crippen molar-refractivity contribution in [3.05, 3.63) is 96.8 Å². The zero-order chi connectivity index (χ0) is 27.9. The van der Waals surface area contributed by atoms with Crippen molar-refractivity contribution >= 4 is 17.6 Å². The van der Waals surface area contributed by atoms with Crippen molar-refractivity contribution in [1.82, 2.24) is 14.9 Å². The number of allylic oxidation sites excluding steroid dienone is 1. The molecule has 1 aliphatic heterocycles. The molecule has 0 atom stereocenters. The van der Waals surface area contributed by atoms with Gasteiger partial charge in [-0.25, -0.2) is 14.4 Å². The van der Waals surface area contributed by atoms with E-state index in [2.05, 4.69) is 31.1 Å². The fourth-order valence-corrected chi connectivity index (χ4v) is 4.72. The average Bonchev–Trinajstić information content (AvgIpc) is 3.26. The van der Waals surface area contributed by atoms with E-state index >= 15 is 0 Å². The minimum absolute atomic E-state index is 0.0186. The summed E-state index contributed by atoms with van der Waals surface area (Å²) in [6.45, 7) is 6.70. The van der Waals surface area contributed by atoms with Gasteiger partial charge in [-0.3, -0.25) is 14.6 Å². The molecule has 4 rings (SSSR count). The van der Waals surface area contributed by atoms with Crippen molar-refractivity contribution < 1.29 is 9.90 Å². The Morgan fingerprint density at radius 1 is 1.08 bits per heavy atom. The molecule has 1 aromatic heterocycles. The van der Waals surface area contributed by atoms with Crippen LogP contribution in [-0.2, 0) is 4.79 Å². The minimum Gasteiger partial charge on any atom is -0.494 e. The molecule has 0 spiro atoms. The average molecular weight is 529 g/mol. The smallest absolute Gasteiger partial charge is 0.335 e. The normalized spacial score (nSPS) is 13.5. The fourth-order valence-electron chi connectivity index (χ4n) is 4.72. The van der Waals surface area contributed by atoms with Gasteiger partial charge in [-0.2, -0.15) is 0 Å². The molecule has 1 amide bonds. The number of H-pyrrole nitrogens is 1. The molecule has 0 aliphatic carbocycles. The highest BCUT2D eigenvalue weighted by Crippen LogP contribution is 2.25. The number of rotatable bonds is 11. The molecule has 1 aliphatic rings. The number of aromatic hydroxyl groups is 1. The van der Waals surface area contributed by atoms with Crippen molar-refractivity contribution in [2.24, 2.45) is 4.99 Å². The second-order valence-corrected chi connectivity index (χ2v) is 10.1. The zero-order valence-electron chi connectivity index (χ0n) is 22.8. The highest BCUT2D eigenvalue weighted by atomic mass is 16.3. The molecule has 8 nitrogen and oxygen atoms in total. The number of aromatic nitrogens is 2. The van der Waals surface area contributed by atoms with Crippen LogP contribution in [0.2, 0.25) is 0 Å². The first-order valence-corrected chi connectivity index (χ1v) is 13.6. The highest BCUT2D eigenvalue weighted by Gasteiger charge is 2.19. The number of hydrogen-bond acceptors (Lipinski definition) is 5. The Labute approximate surface area is 227 Å². The number of fused-ring (bicyclic) bond motifs is 1. The van der Waals surface area contributed by atoms with Gasteiger partial charge in [0.1, 0.15) is 5.56 Å². The lowest BCUT2D eigenvalue weighted by atomic mass is 10.0. The lowest BCUT2D eigenvalue weighted by Gasteiger charge is -2.12. The Morgan fingerprint density at radius 2 is 1.82 bits per heavy atom. The fraction of sp³-hybridized carbons (Fsp3) is 0.355. The molecular weight excluding hydrogens is 492 g/mol. The summed E-state index contributed by atoms with van der Waals surface area (Å²) in [7, 11) is 0. The van der Waals surface area contributed by atoms with Crippen molar-refractivity contribution in [2.75, 3.05) is 6.54 Å². The topological polar surface area (TPSA) is 117 Å². The number of carbonyl (C=O) groups excluding carboxylic acids is 1. The van der Waals surface area contributed by atoms with Crippen molar-refractivity contribution in [3.63, 3.8) is 0 Å². The van der Waals surface area contributed by atoms with E-state index in [9.17, 15) is 19.5 Å². The van der Waals surface area contributed by atoms with E-state index in [1.54, 1.807) is 12.1 Å². The van der Waals surface area contributed by atoms with Crippen LogP contribution in [0.25, 0.3) is 17.3 Å². The summed E-state index contributed by atoms with van der Waals surface area (Å²) in [5, 5.41) is 15.7. The summed E-state index contributed by atoms with van der Waals surface area (Å²) in [5.41, 5.74) is 1.40. The van der Waals surface area contributed by atoms with E-state index in [4.69, 9.17) is 4.99 Å². The van der Waals surface area contributed by atoms with E-state index < -0.39 is 17.1 Å². The third-order valence-corrected chi connectivity index (χ3v) is 6.95. The lowest BCUT2D eigenvalue weighted by molar-refractivity contribution is -0.121. The van der Waals surface area contributed by atoms with Crippen LogP contribution in [0.5, 0.6) is 5.88 Å². The first-order valence-electron chi connectivity index (χ1n) is 13.6. The number of unbranched alkanes of at least 4 members (excludes halogenated alkanes) is 3.